The van der Waals surface area contributed by atoms with Crippen LogP contribution < -0.4 is 14.8 Å². The van der Waals surface area contributed by atoms with E-state index in [1.54, 1.807) is 19.2 Å². The SMILES string of the molecule is COc1cc(CNC2CCN(C(C)C)CC2)ccc1OCc1ccc(F)cc1. The molecule has 2 aromatic carbocycles. The number of methoxy groups -OCH3 is 1. The summed E-state index contributed by atoms with van der Waals surface area (Å²) in [6, 6.07) is 13.6. The fourth-order valence-corrected chi connectivity index (χ4v) is 3.57. The summed E-state index contributed by atoms with van der Waals surface area (Å²) in [5.74, 6) is 1.17. The average molecular weight is 387 g/mol. The summed E-state index contributed by atoms with van der Waals surface area (Å²) >= 11 is 0. The number of likely N-dealkylation sites (tertiary alicyclic amines) is 1. The Morgan fingerprint density at radius 3 is 2.36 bits per heavy atom. The minimum absolute atomic E-state index is 0.243. The van der Waals surface area contributed by atoms with Crippen LogP contribution in [0.5, 0.6) is 11.5 Å². The number of nitrogens with one attached hydrogen (secondary N) is 1. The van der Waals surface area contributed by atoms with Crippen molar-refractivity contribution in [3.8, 4) is 11.5 Å². The molecule has 1 aliphatic rings. The smallest absolute Gasteiger partial charge is 0.161 e. The van der Waals surface area contributed by atoms with E-state index < -0.39 is 0 Å². The van der Waals surface area contributed by atoms with Crippen molar-refractivity contribution >= 4 is 0 Å². The molecule has 2 aromatic rings. The molecule has 4 nitrogen and oxygen atoms in total. The van der Waals surface area contributed by atoms with Gasteiger partial charge in [-0.25, -0.2) is 4.39 Å². The van der Waals surface area contributed by atoms with Gasteiger partial charge in [0.25, 0.3) is 0 Å². The number of halogens is 1. The molecule has 1 fully saturated rings. The van der Waals surface area contributed by atoms with E-state index in [1.807, 2.05) is 12.1 Å². The highest BCUT2D eigenvalue weighted by Gasteiger charge is 2.20. The molecule has 1 N–H and O–H groups in total. The Kier molecular flexibility index (Phi) is 7.29. The molecule has 0 bridgehead atoms. The summed E-state index contributed by atoms with van der Waals surface area (Å²) in [5.41, 5.74) is 2.10. The van der Waals surface area contributed by atoms with Crippen molar-refractivity contribution in [1.29, 1.82) is 0 Å². The second-order valence-electron chi connectivity index (χ2n) is 7.69. The largest absolute Gasteiger partial charge is 0.493 e. The van der Waals surface area contributed by atoms with Crippen molar-refractivity contribution in [3.05, 3.63) is 59.4 Å². The number of ether oxygens (including phenoxy) is 2. The van der Waals surface area contributed by atoms with E-state index in [0.29, 0.717) is 24.4 Å². The standard InChI is InChI=1S/C23H31FN2O2/c1-17(2)26-12-10-21(11-13-26)25-15-19-6-9-22(23(14-19)27-3)28-16-18-4-7-20(24)8-5-18/h4-9,14,17,21,25H,10-13,15-16H2,1-3H3. The maximum absolute atomic E-state index is 13.0. The highest BCUT2D eigenvalue weighted by atomic mass is 19.1. The van der Waals surface area contributed by atoms with Gasteiger partial charge in [-0.1, -0.05) is 18.2 Å². The van der Waals surface area contributed by atoms with Crippen LogP contribution in [-0.4, -0.2) is 37.2 Å². The van der Waals surface area contributed by atoms with Crippen LogP contribution in [0, 0.1) is 5.82 Å². The van der Waals surface area contributed by atoms with E-state index in [2.05, 4.69) is 30.1 Å². The lowest BCUT2D eigenvalue weighted by Gasteiger charge is -2.35. The number of rotatable bonds is 8. The maximum Gasteiger partial charge on any atom is 0.161 e. The first-order chi connectivity index (χ1) is 13.5. The highest BCUT2D eigenvalue weighted by molar-refractivity contribution is 5.43. The minimum atomic E-state index is -0.243. The van der Waals surface area contributed by atoms with E-state index in [1.165, 1.54) is 30.5 Å². The molecule has 1 aliphatic heterocycles. The second-order valence-corrected chi connectivity index (χ2v) is 7.69. The lowest BCUT2D eigenvalue weighted by Crippen LogP contribution is -2.44. The van der Waals surface area contributed by atoms with Gasteiger partial charge in [-0.15, -0.1) is 0 Å². The summed E-state index contributed by atoms with van der Waals surface area (Å²) in [6.45, 7) is 8.05. The zero-order valence-electron chi connectivity index (χ0n) is 17.1. The van der Waals surface area contributed by atoms with E-state index in [4.69, 9.17) is 9.47 Å². The van der Waals surface area contributed by atoms with Crippen molar-refractivity contribution in [2.75, 3.05) is 20.2 Å². The fraction of sp³-hybridized carbons (Fsp3) is 0.478. The van der Waals surface area contributed by atoms with Gasteiger partial charge in [-0.2, -0.15) is 0 Å². The number of hydrogen-bond donors (Lipinski definition) is 1. The van der Waals surface area contributed by atoms with E-state index in [9.17, 15) is 4.39 Å². The lowest BCUT2D eigenvalue weighted by atomic mass is 10.0. The molecule has 0 unspecified atom stereocenters. The van der Waals surface area contributed by atoms with Gasteiger partial charge < -0.3 is 19.7 Å². The second kappa shape index (κ2) is 9.89. The molecule has 0 atom stereocenters. The monoisotopic (exact) mass is 386 g/mol. The fourth-order valence-electron chi connectivity index (χ4n) is 3.57. The predicted molar refractivity (Wildman–Crippen MR) is 110 cm³/mol. The molecule has 0 aromatic heterocycles. The first-order valence-electron chi connectivity index (χ1n) is 10.1. The van der Waals surface area contributed by atoms with Crippen LogP contribution in [0.1, 0.15) is 37.8 Å². The van der Waals surface area contributed by atoms with Crippen molar-refractivity contribution in [2.45, 2.75) is 51.9 Å². The van der Waals surface area contributed by atoms with Gasteiger partial charge in [-0.05, 0) is 75.2 Å². The highest BCUT2D eigenvalue weighted by Crippen LogP contribution is 2.29. The third-order valence-electron chi connectivity index (χ3n) is 5.39. The molecule has 1 saturated heterocycles. The van der Waals surface area contributed by atoms with Crippen LogP contribution in [0.3, 0.4) is 0 Å². The van der Waals surface area contributed by atoms with Gasteiger partial charge in [0.05, 0.1) is 7.11 Å². The molecular formula is C23H31FN2O2. The number of nitrogens with zero attached hydrogens (tertiary/aromatic N) is 1. The van der Waals surface area contributed by atoms with Crippen molar-refractivity contribution < 1.29 is 13.9 Å². The molecule has 0 amide bonds. The molecule has 0 aliphatic carbocycles. The van der Waals surface area contributed by atoms with E-state index >= 15 is 0 Å². The summed E-state index contributed by atoms with van der Waals surface area (Å²) < 4.78 is 24.4. The zero-order chi connectivity index (χ0) is 19.9. The normalized spacial score (nSPS) is 15.8. The first-order valence-corrected chi connectivity index (χ1v) is 10.1. The molecule has 0 radical (unpaired) electrons. The molecule has 28 heavy (non-hydrogen) atoms. The van der Waals surface area contributed by atoms with Gasteiger partial charge in [0, 0.05) is 18.6 Å². The van der Waals surface area contributed by atoms with Crippen LogP contribution in [0.15, 0.2) is 42.5 Å². The zero-order valence-corrected chi connectivity index (χ0v) is 17.1. The average Bonchev–Trinajstić information content (AvgIpc) is 2.72. The van der Waals surface area contributed by atoms with Crippen molar-refractivity contribution in [2.24, 2.45) is 0 Å². The Morgan fingerprint density at radius 1 is 1.04 bits per heavy atom. The maximum atomic E-state index is 13.0. The van der Waals surface area contributed by atoms with Crippen molar-refractivity contribution in [1.82, 2.24) is 10.2 Å². The van der Waals surface area contributed by atoms with Gasteiger partial charge in [0.15, 0.2) is 11.5 Å². The van der Waals surface area contributed by atoms with Gasteiger partial charge in [0.2, 0.25) is 0 Å². The molecule has 0 saturated carbocycles. The van der Waals surface area contributed by atoms with Crippen LogP contribution >= 0.6 is 0 Å². The molecule has 0 spiro atoms. The summed E-state index contributed by atoms with van der Waals surface area (Å²) in [6.07, 6.45) is 2.38. The Hall–Kier alpha value is -2.11. The summed E-state index contributed by atoms with van der Waals surface area (Å²) in [7, 11) is 1.65. The molecule has 3 rings (SSSR count). The number of piperidine rings is 1. The lowest BCUT2D eigenvalue weighted by molar-refractivity contribution is 0.161. The van der Waals surface area contributed by atoms with Gasteiger partial charge in [0.1, 0.15) is 12.4 Å². The van der Waals surface area contributed by atoms with Crippen LogP contribution in [0.25, 0.3) is 0 Å². The molecule has 5 heteroatoms. The van der Waals surface area contributed by atoms with Crippen molar-refractivity contribution in [3.63, 3.8) is 0 Å². The molecule has 152 valence electrons. The number of benzene rings is 2. The van der Waals surface area contributed by atoms with Gasteiger partial charge >= 0.3 is 0 Å². The van der Waals surface area contributed by atoms with Crippen LogP contribution in [0.2, 0.25) is 0 Å². The minimum Gasteiger partial charge on any atom is -0.493 e. The van der Waals surface area contributed by atoms with E-state index in [0.717, 1.165) is 30.9 Å². The number of hydrogen-bond acceptors (Lipinski definition) is 4. The Morgan fingerprint density at radius 2 is 1.71 bits per heavy atom. The Labute approximate surface area is 167 Å². The Bertz CT molecular complexity index is 741. The van der Waals surface area contributed by atoms with Crippen LogP contribution in [-0.2, 0) is 13.2 Å². The van der Waals surface area contributed by atoms with E-state index in [-0.39, 0.29) is 5.82 Å². The first kappa shape index (κ1) is 20.6. The third kappa shape index (κ3) is 5.69. The summed E-state index contributed by atoms with van der Waals surface area (Å²) in [5, 5.41) is 3.67. The third-order valence-corrected chi connectivity index (χ3v) is 5.39. The Balaban J connectivity index is 1.52. The topological polar surface area (TPSA) is 33.7 Å². The predicted octanol–water partition coefficient (Wildman–Crippen LogP) is 4.38. The molecular weight excluding hydrogens is 355 g/mol. The molecule has 1 heterocycles. The van der Waals surface area contributed by atoms with Gasteiger partial charge in [-0.3, -0.25) is 0 Å². The summed E-state index contributed by atoms with van der Waals surface area (Å²) in [4.78, 5) is 2.54. The van der Waals surface area contributed by atoms with Crippen LogP contribution in [0.4, 0.5) is 4.39 Å². The quantitative estimate of drug-likeness (QED) is 0.730.